The number of nitrogens with one attached hydrogen (secondary N) is 2. The second kappa shape index (κ2) is 4.96. The number of nitrogens with zero attached hydrogens (tertiary/aromatic N) is 2. The Morgan fingerprint density at radius 2 is 2.19 bits per heavy atom. The van der Waals surface area contributed by atoms with Crippen LogP contribution in [0.1, 0.15) is 29.9 Å². The summed E-state index contributed by atoms with van der Waals surface area (Å²) in [5.41, 5.74) is 0.859. The molecule has 2 saturated heterocycles. The summed E-state index contributed by atoms with van der Waals surface area (Å²) in [6, 6.07) is 4.78. The zero-order valence-corrected chi connectivity index (χ0v) is 11.5. The summed E-state index contributed by atoms with van der Waals surface area (Å²) in [7, 11) is 0. The number of hydrogen-bond donors (Lipinski definition) is 2. The minimum Gasteiger partial charge on any atom is -0.432 e. The van der Waals surface area contributed by atoms with Crippen molar-refractivity contribution in [2.24, 2.45) is 0 Å². The molecule has 3 atom stereocenters. The molecule has 0 saturated carbocycles. The van der Waals surface area contributed by atoms with Gasteiger partial charge in [-0.1, -0.05) is 0 Å². The Kier molecular flexibility index (Phi) is 2.96. The fourth-order valence-electron chi connectivity index (χ4n) is 3.24. The molecule has 4 heterocycles. The van der Waals surface area contributed by atoms with Gasteiger partial charge in [0.2, 0.25) is 0 Å². The second-order valence-corrected chi connectivity index (χ2v) is 5.63. The molecule has 2 fully saturated rings. The Bertz CT molecular complexity index is 655. The highest BCUT2D eigenvalue weighted by molar-refractivity contribution is 5.90. The van der Waals surface area contributed by atoms with E-state index in [1.165, 1.54) is 6.42 Å². The van der Waals surface area contributed by atoms with E-state index in [1.54, 1.807) is 18.6 Å². The topological polar surface area (TPSA) is 80.0 Å². The number of carbonyl (C=O) groups is 1. The van der Waals surface area contributed by atoms with Crippen LogP contribution in [-0.4, -0.2) is 34.0 Å². The molecule has 0 aromatic carbocycles. The van der Waals surface area contributed by atoms with Gasteiger partial charge in [-0.15, -0.1) is 0 Å². The van der Waals surface area contributed by atoms with Crippen molar-refractivity contribution in [3.05, 3.63) is 36.6 Å². The highest BCUT2D eigenvalue weighted by Gasteiger charge is 2.40. The summed E-state index contributed by atoms with van der Waals surface area (Å²) in [6.45, 7) is 0. The lowest BCUT2D eigenvalue weighted by atomic mass is 9.95. The van der Waals surface area contributed by atoms with Gasteiger partial charge in [-0.2, -0.15) is 0 Å². The number of aromatic nitrogens is 2. The molecule has 108 valence electrons. The molecule has 1 amide bonds. The summed E-state index contributed by atoms with van der Waals surface area (Å²) in [4.78, 5) is 20.2. The van der Waals surface area contributed by atoms with Gasteiger partial charge in [0.1, 0.15) is 0 Å². The highest BCUT2D eigenvalue weighted by Crippen LogP contribution is 2.28. The van der Waals surface area contributed by atoms with Crippen molar-refractivity contribution in [2.75, 3.05) is 0 Å². The molecule has 4 rings (SSSR count). The molecule has 2 aliphatic rings. The Balaban J connectivity index is 1.47. The maximum atomic E-state index is 12.2. The van der Waals surface area contributed by atoms with Crippen LogP contribution in [0.15, 0.2) is 35.1 Å². The van der Waals surface area contributed by atoms with E-state index in [9.17, 15) is 4.79 Å². The molecule has 6 nitrogen and oxygen atoms in total. The summed E-state index contributed by atoms with van der Waals surface area (Å²) in [5.74, 6) is 0.452. The third-order valence-electron chi connectivity index (χ3n) is 4.28. The summed E-state index contributed by atoms with van der Waals surface area (Å²) < 4.78 is 5.55. The maximum absolute atomic E-state index is 12.2. The van der Waals surface area contributed by atoms with Gasteiger partial charge in [0, 0.05) is 36.1 Å². The fourth-order valence-corrected chi connectivity index (χ4v) is 3.24. The van der Waals surface area contributed by atoms with Crippen molar-refractivity contribution >= 4 is 5.91 Å². The largest absolute Gasteiger partial charge is 0.432 e. The van der Waals surface area contributed by atoms with Crippen molar-refractivity contribution in [3.8, 4) is 11.3 Å². The van der Waals surface area contributed by atoms with Crippen LogP contribution in [0.5, 0.6) is 0 Å². The van der Waals surface area contributed by atoms with Gasteiger partial charge in [0.05, 0.1) is 6.20 Å². The number of rotatable bonds is 3. The molecule has 2 N–H and O–H groups in total. The maximum Gasteiger partial charge on any atom is 0.307 e. The molecular weight excluding hydrogens is 268 g/mol. The molecular formula is C15H16N4O2. The molecule has 2 aromatic rings. The summed E-state index contributed by atoms with van der Waals surface area (Å²) in [6.07, 6.45) is 8.26. The van der Waals surface area contributed by atoms with E-state index in [-0.39, 0.29) is 17.8 Å². The van der Waals surface area contributed by atoms with Crippen LogP contribution in [0.25, 0.3) is 11.3 Å². The van der Waals surface area contributed by atoms with E-state index >= 15 is 0 Å². The first-order valence-corrected chi connectivity index (χ1v) is 7.23. The Morgan fingerprint density at radius 3 is 2.90 bits per heavy atom. The van der Waals surface area contributed by atoms with Gasteiger partial charge in [0.25, 0.3) is 5.89 Å². The second-order valence-electron chi connectivity index (χ2n) is 5.63. The minimum absolute atomic E-state index is 0.115. The number of pyridine rings is 1. The normalized spacial score (nSPS) is 27.0. The lowest BCUT2D eigenvalue weighted by molar-refractivity contribution is 0.0896. The number of fused-ring (bicyclic) bond motifs is 2. The molecule has 0 radical (unpaired) electrons. The Labute approximate surface area is 122 Å². The van der Waals surface area contributed by atoms with Gasteiger partial charge < -0.3 is 15.1 Å². The average molecular weight is 284 g/mol. The van der Waals surface area contributed by atoms with E-state index in [1.807, 2.05) is 12.1 Å². The van der Waals surface area contributed by atoms with E-state index < -0.39 is 0 Å². The predicted octanol–water partition coefficient (Wildman–Crippen LogP) is 1.36. The zero-order valence-electron chi connectivity index (χ0n) is 11.5. The SMILES string of the molecule is O=C(NC1CC2CCC1N2)c1ncc(-c2ccncc2)o1. The van der Waals surface area contributed by atoms with E-state index in [4.69, 9.17) is 4.42 Å². The van der Waals surface area contributed by atoms with Crippen LogP contribution in [0.4, 0.5) is 0 Å². The van der Waals surface area contributed by atoms with E-state index in [0.29, 0.717) is 17.8 Å². The molecule has 0 aliphatic carbocycles. The third-order valence-corrected chi connectivity index (χ3v) is 4.28. The van der Waals surface area contributed by atoms with Crippen LogP contribution in [0.3, 0.4) is 0 Å². The van der Waals surface area contributed by atoms with Crippen LogP contribution in [0.2, 0.25) is 0 Å². The van der Waals surface area contributed by atoms with Crippen molar-refractivity contribution in [3.63, 3.8) is 0 Å². The quantitative estimate of drug-likeness (QED) is 0.889. The third kappa shape index (κ3) is 2.31. The number of amides is 1. The van der Waals surface area contributed by atoms with Gasteiger partial charge >= 0.3 is 5.91 Å². The van der Waals surface area contributed by atoms with Crippen LogP contribution >= 0.6 is 0 Å². The Morgan fingerprint density at radius 1 is 1.33 bits per heavy atom. The molecule has 3 unspecified atom stereocenters. The average Bonchev–Trinajstić information content (AvgIpc) is 3.24. The first kappa shape index (κ1) is 12.5. The van der Waals surface area contributed by atoms with Crippen molar-refractivity contribution < 1.29 is 9.21 Å². The van der Waals surface area contributed by atoms with Crippen molar-refractivity contribution in [2.45, 2.75) is 37.4 Å². The summed E-state index contributed by atoms with van der Waals surface area (Å²) >= 11 is 0. The first-order chi connectivity index (χ1) is 10.3. The lowest BCUT2D eigenvalue weighted by Crippen LogP contribution is -2.43. The number of carbonyl (C=O) groups excluding carboxylic acids is 1. The monoisotopic (exact) mass is 284 g/mol. The smallest absolute Gasteiger partial charge is 0.307 e. The van der Waals surface area contributed by atoms with Gasteiger partial charge in [-0.3, -0.25) is 9.78 Å². The standard InChI is InChI=1S/C15H16N4O2/c20-14(19-12-7-10-1-2-11(12)18-10)15-17-8-13(21-15)9-3-5-16-6-4-9/h3-6,8,10-12,18H,1-2,7H2,(H,19,20). The zero-order chi connectivity index (χ0) is 14.2. The highest BCUT2D eigenvalue weighted by atomic mass is 16.4. The van der Waals surface area contributed by atoms with E-state index in [0.717, 1.165) is 18.4 Å². The predicted molar refractivity (Wildman–Crippen MR) is 75.6 cm³/mol. The molecule has 6 heteroatoms. The van der Waals surface area contributed by atoms with Crippen LogP contribution < -0.4 is 10.6 Å². The van der Waals surface area contributed by atoms with Gasteiger partial charge in [0.15, 0.2) is 5.76 Å². The van der Waals surface area contributed by atoms with E-state index in [2.05, 4.69) is 20.6 Å². The Hall–Kier alpha value is -2.21. The van der Waals surface area contributed by atoms with Gasteiger partial charge in [-0.25, -0.2) is 4.98 Å². The molecule has 2 bridgehead atoms. The summed E-state index contributed by atoms with van der Waals surface area (Å²) in [5, 5.41) is 6.51. The fraction of sp³-hybridized carbons (Fsp3) is 0.400. The number of oxazole rings is 1. The molecule has 21 heavy (non-hydrogen) atoms. The van der Waals surface area contributed by atoms with Crippen LogP contribution in [0, 0.1) is 0 Å². The van der Waals surface area contributed by atoms with Crippen LogP contribution in [-0.2, 0) is 0 Å². The minimum atomic E-state index is -0.241. The van der Waals surface area contributed by atoms with Crippen molar-refractivity contribution in [1.82, 2.24) is 20.6 Å². The number of hydrogen-bond acceptors (Lipinski definition) is 5. The van der Waals surface area contributed by atoms with Gasteiger partial charge in [-0.05, 0) is 31.4 Å². The molecule has 0 spiro atoms. The molecule has 2 aliphatic heterocycles. The molecule has 2 aromatic heterocycles. The lowest BCUT2D eigenvalue weighted by Gasteiger charge is -2.20. The van der Waals surface area contributed by atoms with Crippen molar-refractivity contribution in [1.29, 1.82) is 0 Å². The first-order valence-electron chi connectivity index (χ1n) is 7.23.